The first-order chi connectivity index (χ1) is 16.7. The van der Waals surface area contributed by atoms with Crippen LogP contribution in [0.15, 0.2) is 35.3 Å². The normalized spacial score (nSPS) is 28.6. The Bertz CT molecular complexity index is 1190. The van der Waals surface area contributed by atoms with E-state index < -0.39 is 11.5 Å². The van der Waals surface area contributed by atoms with Crippen molar-refractivity contribution < 1.29 is 19.4 Å². The van der Waals surface area contributed by atoms with Gasteiger partial charge in [0.25, 0.3) is 5.56 Å². The SMILES string of the molecule is CCCOC(=O)c1ccc(Nc2cnn(C34C[C@H]5C[C@@H](CC(CC(=O)O)(C5)C3)C4)c(=O)c2Cl)cc1. The molecular weight excluding hydrogens is 470 g/mol. The van der Waals surface area contributed by atoms with Gasteiger partial charge in [0, 0.05) is 5.69 Å². The maximum atomic E-state index is 13.4. The van der Waals surface area contributed by atoms with E-state index in [-0.39, 0.29) is 28.4 Å². The van der Waals surface area contributed by atoms with Crippen molar-refractivity contribution in [2.45, 2.75) is 63.8 Å². The highest BCUT2D eigenvalue weighted by Crippen LogP contribution is 2.65. The molecule has 4 aliphatic rings. The van der Waals surface area contributed by atoms with Crippen molar-refractivity contribution in [2.24, 2.45) is 17.3 Å². The predicted molar refractivity (Wildman–Crippen MR) is 131 cm³/mol. The molecule has 4 bridgehead atoms. The number of ether oxygens (including phenoxy) is 1. The van der Waals surface area contributed by atoms with Gasteiger partial charge in [-0.3, -0.25) is 9.59 Å². The zero-order valence-corrected chi connectivity index (χ0v) is 20.5. The highest BCUT2D eigenvalue weighted by Gasteiger charge is 2.59. The Kier molecular flexibility index (Phi) is 6.11. The molecule has 1 heterocycles. The van der Waals surface area contributed by atoms with Crippen LogP contribution in [0.1, 0.15) is 68.6 Å². The number of halogens is 1. The zero-order chi connectivity index (χ0) is 24.8. The minimum Gasteiger partial charge on any atom is -0.481 e. The average molecular weight is 500 g/mol. The summed E-state index contributed by atoms with van der Waals surface area (Å²) in [5, 5.41) is 17.3. The van der Waals surface area contributed by atoms with Gasteiger partial charge in [0.2, 0.25) is 0 Å². The average Bonchev–Trinajstić information content (AvgIpc) is 2.79. The lowest BCUT2D eigenvalue weighted by atomic mass is 9.46. The van der Waals surface area contributed by atoms with E-state index in [1.165, 1.54) is 0 Å². The maximum Gasteiger partial charge on any atom is 0.338 e. The molecule has 2 N–H and O–H groups in total. The van der Waals surface area contributed by atoms with Crippen LogP contribution in [0.25, 0.3) is 0 Å². The van der Waals surface area contributed by atoms with Crippen LogP contribution in [0.3, 0.4) is 0 Å². The number of hydrogen-bond acceptors (Lipinski definition) is 6. The molecule has 0 amide bonds. The van der Waals surface area contributed by atoms with Gasteiger partial charge in [0.1, 0.15) is 5.02 Å². The van der Waals surface area contributed by atoms with Crippen molar-refractivity contribution in [3.63, 3.8) is 0 Å². The minimum absolute atomic E-state index is 0.0504. The largest absolute Gasteiger partial charge is 0.481 e. The number of carboxylic acids is 1. The quantitative estimate of drug-likeness (QED) is 0.493. The van der Waals surface area contributed by atoms with Crippen molar-refractivity contribution >= 4 is 34.9 Å². The molecule has 4 fully saturated rings. The fraction of sp³-hybridized carbons (Fsp3) is 0.538. The van der Waals surface area contributed by atoms with Gasteiger partial charge in [-0.05, 0) is 86.5 Å². The molecule has 1 aromatic carbocycles. The van der Waals surface area contributed by atoms with Gasteiger partial charge in [-0.25, -0.2) is 9.48 Å². The van der Waals surface area contributed by atoms with E-state index in [0.717, 1.165) is 38.5 Å². The summed E-state index contributed by atoms with van der Waals surface area (Å²) in [6.07, 6.45) is 7.75. The number of nitrogens with zero attached hydrogens (tertiary/aromatic N) is 2. The van der Waals surface area contributed by atoms with Crippen LogP contribution in [0, 0.1) is 17.3 Å². The first-order valence-electron chi connectivity index (χ1n) is 12.3. The van der Waals surface area contributed by atoms with E-state index in [1.54, 1.807) is 35.1 Å². The predicted octanol–water partition coefficient (Wildman–Crippen LogP) is 4.98. The molecule has 8 nitrogen and oxygen atoms in total. The molecule has 0 radical (unpaired) electrons. The van der Waals surface area contributed by atoms with Crippen molar-refractivity contribution in [1.29, 1.82) is 0 Å². The van der Waals surface area contributed by atoms with Gasteiger partial charge in [-0.15, -0.1) is 0 Å². The Morgan fingerprint density at radius 3 is 2.51 bits per heavy atom. The molecule has 4 aliphatic carbocycles. The molecule has 35 heavy (non-hydrogen) atoms. The second kappa shape index (κ2) is 8.97. The highest BCUT2D eigenvalue weighted by atomic mass is 35.5. The summed E-state index contributed by atoms with van der Waals surface area (Å²) in [4.78, 5) is 37.1. The van der Waals surface area contributed by atoms with Gasteiger partial charge >= 0.3 is 11.9 Å². The van der Waals surface area contributed by atoms with Crippen LogP contribution in [0.4, 0.5) is 11.4 Å². The molecule has 0 unspecified atom stereocenters. The molecule has 0 saturated heterocycles. The zero-order valence-electron chi connectivity index (χ0n) is 19.8. The lowest BCUT2D eigenvalue weighted by molar-refractivity contribution is -0.151. The number of carboxylic acid groups (broad SMARTS) is 1. The van der Waals surface area contributed by atoms with Gasteiger partial charge in [0.05, 0.1) is 36.0 Å². The molecule has 4 saturated carbocycles. The molecule has 2 atom stereocenters. The third kappa shape index (κ3) is 4.44. The number of carbonyl (C=O) groups is 2. The Morgan fingerprint density at radius 1 is 1.20 bits per heavy atom. The summed E-state index contributed by atoms with van der Waals surface area (Å²) in [6.45, 7) is 2.31. The molecule has 2 aromatic rings. The summed E-state index contributed by atoms with van der Waals surface area (Å²) < 4.78 is 6.69. The fourth-order valence-electron chi connectivity index (χ4n) is 7.16. The number of aromatic nitrogens is 2. The summed E-state index contributed by atoms with van der Waals surface area (Å²) in [5.41, 5.74) is 0.400. The number of carbonyl (C=O) groups excluding carboxylic acids is 1. The third-order valence-corrected chi connectivity index (χ3v) is 8.25. The summed E-state index contributed by atoms with van der Waals surface area (Å²) in [6, 6.07) is 6.75. The number of hydrogen-bond donors (Lipinski definition) is 2. The van der Waals surface area contributed by atoms with Crippen LogP contribution in [0.5, 0.6) is 0 Å². The fourth-order valence-corrected chi connectivity index (χ4v) is 7.33. The highest BCUT2D eigenvalue weighted by molar-refractivity contribution is 6.33. The topological polar surface area (TPSA) is 111 Å². The van der Waals surface area contributed by atoms with Crippen LogP contribution in [-0.2, 0) is 15.1 Å². The first kappa shape index (κ1) is 23.9. The second-order valence-electron chi connectivity index (χ2n) is 10.7. The molecule has 186 valence electrons. The number of rotatable bonds is 8. The van der Waals surface area contributed by atoms with E-state index in [2.05, 4.69) is 10.4 Å². The summed E-state index contributed by atoms with van der Waals surface area (Å²) in [7, 11) is 0. The lowest BCUT2D eigenvalue weighted by Crippen LogP contribution is -2.59. The summed E-state index contributed by atoms with van der Waals surface area (Å²) in [5.74, 6) is -0.312. The molecule has 0 aliphatic heterocycles. The number of esters is 1. The first-order valence-corrected chi connectivity index (χ1v) is 12.6. The Balaban J connectivity index is 1.38. The number of aliphatic carboxylic acids is 1. The molecular formula is C26H30ClN3O5. The van der Waals surface area contributed by atoms with E-state index in [1.807, 2.05) is 6.92 Å². The van der Waals surface area contributed by atoms with E-state index in [0.29, 0.717) is 41.8 Å². The van der Waals surface area contributed by atoms with Gasteiger partial charge in [0.15, 0.2) is 0 Å². The van der Waals surface area contributed by atoms with E-state index in [4.69, 9.17) is 16.3 Å². The molecule has 1 aromatic heterocycles. The molecule has 6 rings (SSSR count). The Morgan fingerprint density at radius 2 is 1.89 bits per heavy atom. The standard InChI is InChI=1S/C26H30ClN3O5/c1-2-7-35-24(34)18-3-5-19(6-4-18)29-20-14-28-30(23(33)22(20)27)26-11-16-8-17(12-26)10-25(9-16,15-26)13-21(31)32/h3-6,14,16-17,29H,2,7-13,15H2,1H3,(H,31,32)/t16-,17-,25?,26?/m0/s1. The van der Waals surface area contributed by atoms with Crippen LogP contribution >= 0.6 is 11.6 Å². The van der Waals surface area contributed by atoms with E-state index in [9.17, 15) is 19.5 Å². The number of anilines is 2. The molecule has 9 heteroatoms. The number of nitrogens with one attached hydrogen (secondary N) is 1. The van der Waals surface area contributed by atoms with Gasteiger partial charge in [-0.1, -0.05) is 18.5 Å². The van der Waals surface area contributed by atoms with Crippen molar-refractivity contribution in [3.8, 4) is 0 Å². The molecule has 0 spiro atoms. The summed E-state index contributed by atoms with van der Waals surface area (Å²) >= 11 is 6.54. The maximum absolute atomic E-state index is 13.4. The van der Waals surface area contributed by atoms with Crippen LogP contribution in [0.2, 0.25) is 5.02 Å². The Labute approximate surface area is 208 Å². The van der Waals surface area contributed by atoms with Gasteiger partial charge in [-0.2, -0.15) is 5.10 Å². The van der Waals surface area contributed by atoms with Gasteiger partial charge < -0.3 is 15.2 Å². The van der Waals surface area contributed by atoms with Crippen LogP contribution < -0.4 is 10.9 Å². The van der Waals surface area contributed by atoms with E-state index >= 15 is 0 Å². The van der Waals surface area contributed by atoms with Crippen LogP contribution in [-0.4, -0.2) is 33.4 Å². The lowest BCUT2D eigenvalue weighted by Gasteiger charge is -2.61. The smallest absolute Gasteiger partial charge is 0.338 e. The number of benzene rings is 1. The second-order valence-corrected chi connectivity index (χ2v) is 11.1. The Hall–Kier alpha value is -2.87. The minimum atomic E-state index is -0.773. The third-order valence-electron chi connectivity index (χ3n) is 7.88. The van der Waals surface area contributed by atoms with Crippen molar-refractivity contribution in [2.75, 3.05) is 11.9 Å². The monoisotopic (exact) mass is 499 g/mol. The van der Waals surface area contributed by atoms with Crippen molar-refractivity contribution in [3.05, 3.63) is 51.4 Å². The van der Waals surface area contributed by atoms with Crippen molar-refractivity contribution in [1.82, 2.24) is 9.78 Å².